The van der Waals surface area contributed by atoms with Crippen LogP contribution in [0.3, 0.4) is 0 Å². The minimum absolute atomic E-state index is 0.00809. The molecular weight excluding hydrogens is 552 g/mol. The van der Waals surface area contributed by atoms with Gasteiger partial charge in [0.1, 0.15) is 23.9 Å². The van der Waals surface area contributed by atoms with Gasteiger partial charge in [0.2, 0.25) is 0 Å². The second-order valence-electron chi connectivity index (χ2n) is 14.4. The largest absolute Gasteiger partial charge is 0.481 e. The highest BCUT2D eigenvalue weighted by Gasteiger charge is 2.89. The van der Waals surface area contributed by atoms with E-state index in [9.17, 15) is 24.6 Å². The zero-order valence-electron chi connectivity index (χ0n) is 26.8. The molecule has 3 saturated carbocycles. The SMILES string of the molecule is CCCCCCCC(=O)O[C@H]1[C@H](O)[C@H](OCC23C4C=C(C(C)C)C2(C(=O)O)C(C=O)(C4)[C@@H]2CC[C@@H](C)[C@H]23)O[C@H](C)[C@H]1OC. The van der Waals surface area contributed by atoms with Gasteiger partial charge in [-0.15, -0.1) is 0 Å². The third-order valence-corrected chi connectivity index (χ3v) is 12.1. The van der Waals surface area contributed by atoms with Gasteiger partial charge in [0.25, 0.3) is 0 Å². The molecular formula is C34H52O9. The Labute approximate surface area is 256 Å². The molecule has 9 nitrogen and oxygen atoms in total. The van der Waals surface area contributed by atoms with Crippen LogP contribution in [0.5, 0.6) is 0 Å². The lowest BCUT2D eigenvalue weighted by Crippen LogP contribution is -2.60. The molecule has 2 N–H and O–H groups in total. The predicted molar refractivity (Wildman–Crippen MR) is 158 cm³/mol. The number of aldehydes is 1. The quantitative estimate of drug-likeness (QED) is 0.123. The maximum absolute atomic E-state index is 13.6. The first kappa shape index (κ1) is 32.6. The first-order chi connectivity index (χ1) is 20.5. The van der Waals surface area contributed by atoms with Crippen LogP contribution in [-0.4, -0.2) is 72.9 Å². The fraction of sp³-hybridized carbons (Fsp3) is 0.853. The van der Waals surface area contributed by atoms with Crippen LogP contribution in [0.2, 0.25) is 0 Å². The number of allylic oxidation sites excluding steroid dienone is 1. The summed E-state index contributed by atoms with van der Waals surface area (Å²) in [5, 5.41) is 22.6. The molecule has 1 aliphatic heterocycles. The van der Waals surface area contributed by atoms with E-state index in [4.69, 9.17) is 18.9 Å². The standard InChI is InChI=1S/C34H52O9/c1-7-8-9-10-11-12-25(36)43-29-27(37)30(42-21(5)28(29)40-6)41-18-33-22-15-24(19(2)3)34(33,31(38)39)32(16-22,17-35)23-14-13-20(4)26(23)33/h15,17,19-23,26-30,37H,7-14,16,18H2,1-6H3,(H,38,39)/t20-,21-,22?,23-,26-,27+,28-,29+,30-,32?,33?,34?/m1/s1. The van der Waals surface area contributed by atoms with Gasteiger partial charge in [-0.1, -0.05) is 71.4 Å². The Balaban J connectivity index is 1.41. The first-order valence-electron chi connectivity index (χ1n) is 16.6. The summed E-state index contributed by atoms with van der Waals surface area (Å²) in [6.45, 7) is 10.1. The van der Waals surface area contributed by atoms with Crippen LogP contribution in [0, 0.1) is 45.8 Å². The normalized spacial score (nSPS) is 44.5. The van der Waals surface area contributed by atoms with Gasteiger partial charge in [-0.25, -0.2) is 0 Å². The third kappa shape index (κ3) is 4.50. The fourth-order valence-corrected chi connectivity index (χ4v) is 10.6. The molecule has 0 spiro atoms. The molecule has 0 aromatic carbocycles. The van der Waals surface area contributed by atoms with E-state index in [0.717, 1.165) is 56.8 Å². The first-order valence-corrected chi connectivity index (χ1v) is 16.6. The molecule has 9 heteroatoms. The van der Waals surface area contributed by atoms with Crippen molar-refractivity contribution in [1.82, 2.24) is 0 Å². The molecule has 0 radical (unpaired) electrons. The van der Waals surface area contributed by atoms with Crippen LogP contribution in [0.25, 0.3) is 0 Å². The summed E-state index contributed by atoms with van der Waals surface area (Å²) in [5.41, 5.74) is -2.35. The number of carbonyl (C=O) groups excluding carboxylic acids is 2. The number of aliphatic hydroxyl groups excluding tert-OH is 1. The molecule has 242 valence electrons. The van der Waals surface area contributed by atoms with Crippen LogP contribution in [-0.2, 0) is 33.3 Å². The van der Waals surface area contributed by atoms with Crippen LogP contribution in [0.15, 0.2) is 11.6 Å². The number of rotatable bonds is 14. The molecule has 1 saturated heterocycles. The van der Waals surface area contributed by atoms with E-state index >= 15 is 0 Å². The van der Waals surface area contributed by atoms with Crippen molar-refractivity contribution in [3.8, 4) is 0 Å². The van der Waals surface area contributed by atoms with E-state index in [1.54, 1.807) is 6.92 Å². The van der Waals surface area contributed by atoms with Gasteiger partial charge in [-0.2, -0.15) is 0 Å². The minimum Gasteiger partial charge on any atom is -0.481 e. The van der Waals surface area contributed by atoms with Crippen molar-refractivity contribution in [2.45, 2.75) is 123 Å². The van der Waals surface area contributed by atoms with Crippen molar-refractivity contribution in [2.24, 2.45) is 45.8 Å². The van der Waals surface area contributed by atoms with Gasteiger partial charge in [-0.05, 0) is 55.8 Å². The number of carboxylic acids is 1. The highest BCUT2D eigenvalue weighted by molar-refractivity contribution is 5.91. The Bertz CT molecular complexity index is 1100. The summed E-state index contributed by atoms with van der Waals surface area (Å²) >= 11 is 0. The highest BCUT2D eigenvalue weighted by Crippen LogP contribution is 2.87. The topological polar surface area (TPSA) is 129 Å². The number of fused-ring (bicyclic) bond motifs is 2. The number of carbonyl (C=O) groups is 3. The molecule has 0 amide bonds. The van der Waals surface area contributed by atoms with Gasteiger partial charge in [0.05, 0.1) is 18.1 Å². The van der Waals surface area contributed by atoms with E-state index in [2.05, 4.69) is 19.9 Å². The Kier molecular flexibility index (Phi) is 9.23. The Hall–Kier alpha value is -1.81. The number of hydrogen-bond acceptors (Lipinski definition) is 8. The van der Waals surface area contributed by atoms with E-state index in [0.29, 0.717) is 6.42 Å². The molecule has 4 aliphatic carbocycles. The van der Waals surface area contributed by atoms with Crippen LogP contribution in [0.4, 0.5) is 0 Å². The van der Waals surface area contributed by atoms with Gasteiger partial charge < -0.3 is 34.0 Å². The number of unbranched alkanes of at least 4 members (excludes halogenated alkanes) is 4. The molecule has 0 aromatic heterocycles. The molecule has 5 rings (SSSR count). The molecule has 4 unspecified atom stereocenters. The van der Waals surface area contributed by atoms with Crippen LogP contribution < -0.4 is 0 Å². The van der Waals surface area contributed by atoms with E-state index in [-0.39, 0.29) is 42.6 Å². The van der Waals surface area contributed by atoms with Crippen molar-refractivity contribution in [2.75, 3.05) is 13.7 Å². The van der Waals surface area contributed by atoms with Crippen LogP contribution in [0.1, 0.15) is 92.4 Å². The van der Waals surface area contributed by atoms with E-state index in [1.807, 2.05) is 13.8 Å². The Morgan fingerprint density at radius 2 is 1.86 bits per heavy atom. The Morgan fingerprint density at radius 3 is 2.49 bits per heavy atom. The fourth-order valence-electron chi connectivity index (χ4n) is 10.6. The summed E-state index contributed by atoms with van der Waals surface area (Å²) in [6.07, 6.45) is 5.91. The zero-order valence-corrected chi connectivity index (χ0v) is 26.8. The lowest BCUT2D eigenvalue weighted by atomic mass is 9.55. The smallest absolute Gasteiger partial charge is 0.315 e. The predicted octanol–water partition coefficient (Wildman–Crippen LogP) is 4.93. The number of methoxy groups -OCH3 is 1. The summed E-state index contributed by atoms with van der Waals surface area (Å²) in [7, 11) is 1.49. The minimum atomic E-state index is -1.37. The summed E-state index contributed by atoms with van der Waals surface area (Å²) in [6, 6.07) is 0. The van der Waals surface area contributed by atoms with Crippen molar-refractivity contribution < 1.29 is 43.5 Å². The van der Waals surface area contributed by atoms with Crippen molar-refractivity contribution in [1.29, 1.82) is 0 Å². The maximum atomic E-state index is 13.6. The summed E-state index contributed by atoms with van der Waals surface area (Å²) in [4.78, 5) is 39.6. The number of carboxylic acid groups (broad SMARTS) is 1. The third-order valence-electron chi connectivity index (χ3n) is 12.1. The second-order valence-corrected chi connectivity index (χ2v) is 14.4. The number of ether oxygens (including phenoxy) is 4. The monoisotopic (exact) mass is 604 g/mol. The molecule has 12 atom stereocenters. The lowest BCUT2D eigenvalue weighted by molar-refractivity contribution is -0.308. The van der Waals surface area contributed by atoms with Gasteiger partial charge in [-0.3, -0.25) is 9.59 Å². The number of aliphatic hydroxyl groups is 1. The van der Waals surface area contributed by atoms with Crippen molar-refractivity contribution >= 4 is 18.2 Å². The number of esters is 1. The van der Waals surface area contributed by atoms with Gasteiger partial charge in [0, 0.05) is 18.9 Å². The number of hydrogen-bond donors (Lipinski definition) is 2. The van der Waals surface area contributed by atoms with Crippen LogP contribution >= 0.6 is 0 Å². The average Bonchev–Trinajstić information content (AvgIpc) is 3.64. The second kappa shape index (κ2) is 12.2. The van der Waals surface area contributed by atoms with Gasteiger partial charge >= 0.3 is 11.9 Å². The van der Waals surface area contributed by atoms with Gasteiger partial charge in [0.15, 0.2) is 12.4 Å². The average molecular weight is 605 g/mol. The molecule has 0 aromatic rings. The van der Waals surface area contributed by atoms with E-state index < -0.39 is 58.9 Å². The number of aliphatic carboxylic acids is 1. The zero-order chi connectivity index (χ0) is 31.3. The Morgan fingerprint density at radius 1 is 1.14 bits per heavy atom. The lowest BCUT2D eigenvalue weighted by Gasteiger charge is -2.48. The summed E-state index contributed by atoms with van der Waals surface area (Å²) < 4.78 is 24.0. The van der Waals surface area contributed by atoms with Crippen molar-refractivity contribution in [3.63, 3.8) is 0 Å². The maximum Gasteiger partial charge on any atom is 0.315 e. The highest BCUT2D eigenvalue weighted by atomic mass is 16.7. The molecule has 43 heavy (non-hydrogen) atoms. The van der Waals surface area contributed by atoms with E-state index in [1.165, 1.54) is 7.11 Å². The molecule has 4 bridgehead atoms. The molecule has 5 aliphatic rings. The van der Waals surface area contributed by atoms with Crippen molar-refractivity contribution in [3.05, 3.63) is 11.6 Å². The summed E-state index contributed by atoms with van der Waals surface area (Å²) in [5.74, 6) is -1.32. The molecule has 1 heterocycles. The molecule has 4 fully saturated rings.